The normalized spacial score (nSPS) is 11.9. The van der Waals surface area contributed by atoms with Crippen molar-refractivity contribution in [2.75, 3.05) is 6.61 Å². The van der Waals surface area contributed by atoms with Gasteiger partial charge in [0.25, 0.3) is 5.91 Å². The molecule has 0 radical (unpaired) electrons. The topological polar surface area (TPSA) is 80.0 Å². The first-order valence-corrected chi connectivity index (χ1v) is 8.16. The van der Waals surface area contributed by atoms with Gasteiger partial charge in [0.15, 0.2) is 0 Å². The summed E-state index contributed by atoms with van der Waals surface area (Å²) in [4.78, 5) is 20.8. The van der Waals surface area contributed by atoms with E-state index in [4.69, 9.17) is 0 Å². The molecular formula is C19H20N4O2. The molecule has 0 aliphatic carbocycles. The van der Waals surface area contributed by atoms with Crippen LogP contribution in [0.25, 0.3) is 5.82 Å². The number of hydrogen-bond donors (Lipinski definition) is 2. The molecule has 2 aromatic heterocycles. The zero-order valence-corrected chi connectivity index (χ0v) is 14.0. The summed E-state index contributed by atoms with van der Waals surface area (Å²) in [5, 5.41) is 12.5. The van der Waals surface area contributed by atoms with Crippen molar-refractivity contribution in [2.24, 2.45) is 0 Å². The van der Waals surface area contributed by atoms with E-state index in [2.05, 4.69) is 22.2 Å². The minimum atomic E-state index is -0.455. The second kappa shape index (κ2) is 7.72. The van der Waals surface area contributed by atoms with Crippen LogP contribution in [0.4, 0.5) is 0 Å². The first kappa shape index (κ1) is 16.9. The number of nitrogens with one attached hydrogen (secondary N) is 1. The molecule has 128 valence electrons. The summed E-state index contributed by atoms with van der Waals surface area (Å²) >= 11 is 0. The van der Waals surface area contributed by atoms with E-state index in [0.29, 0.717) is 11.4 Å². The molecule has 3 aromatic rings. The van der Waals surface area contributed by atoms with Crippen LogP contribution in [0.2, 0.25) is 0 Å². The molecule has 0 saturated heterocycles. The van der Waals surface area contributed by atoms with Gasteiger partial charge in [0, 0.05) is 24.2 Å². The first-order chi connectivity index (χ1) is 12.2. The van der Waals surface area contributed by atoms with E-state index in [0.717, 1.165) is 12.0 Å². The van der Waals surface area contributed by atoms with E-state index in [1.807, 2.05) is 24.3 Å². The number of imidazole rings is 1. The summed E-state index contributed by atoms with van der Waals surface area (Å²) in [6.45, 7) is 1.91. The SMILES string of the molecule is CCc1ccc(C(CO)NC(=O)c2ccnc(-n3ccnc3)c2)cc1. The highest BCUT2D eigenvalue weighted by Gasteiger charge is 2.15. The van der Waals surface area contributed by atoms with Crippen LogP contribution in [0.5, 0.6) is 0 Å². The third kappa shape index (κ3) is 3.92. The molecule has 1 atom stereocenters. The predicted octanol–water partition coefficient (Wildman–Crippen LogP) is 2.29. The van der Waals surface area contributed by atoms with Crippen molar-refractivity contribution in [1.29, 1.82) is 0 Å². The van der Waals surface area contributed by atoms with Crippen LogP contribution in [-0.2, 0) is 6.42 Å². The molecule has 0 fully saturated rings. The van der Waals surface area contributed by atoms with Gasteiger partial charge in [0.2, 0.25) is 0 Å². The monoisotopic (exact) mass is 336 g/mol. The smallest absolute Gasteiger partial charge is 0.252 e. The molecule has 1 aromatic carbocycles. The molecule has 6 nitrogen and oxygen atoms in total. The third-order valence-electron chi connectivity index (χ3n) is 4.05. The summed E-state index contributed by atoms with van der Waals surface area (Å²) in [5.74, 6) is 0.348. The Morgan fingerprint density at radius 1 is 1.24 bits per heavy atom. The van der Waals surface area contributed by atoms with E-state index in [-0.39, 0.29) is 12.5 Å². The van der Waals surface area contributed by atoms with Crippen LogP contribution < -0.4 is 5.32 Å². The van der Waals surface area contributed by atoms with Crippen molar-refractivity contribution in [3.63, 3.8) is 0 Å². The van der Waals surface area contributed by atoms with Gasteiger partial charge < -0.3 is 10.4 Å². The highest BCUT2D eigenvalue weighted by Crippen LogP contribution is 2.15. The molecule has 2 heterocycles. The number of hydrogen-bond acceptors (Lipinski definition) is 4. The maximum Gasteiger partial charge on any atom is 0.252 e. The lowest BCUT2D eigenvalue weighted by molar-refractivity contribution is 0.0916. The van der Waals surface area contributed by atoms with Crippen molar-refractivity contribution in [2.45, 2.75) is 19.4 Å². The second-order valence-corrected chi connectivity index (χ2v) is 5.68. The van der Waals surface area contributed by atoms with Gasteiger partial charge in [-0.3, -0.25) is 9.36 Å². The molecule has 25 heavy (non-hydrogen) atoms. The molecule has 0 spiro atoms. The van der Waals surface area contributed by atoms with Gasteiger partial charge in [0.1, 0.15) is 12.1 Å². The van der Waals surface area contributed by atoms with E-state index in [9.17, 15) is 9.90 Å². The second-order valence-electron chi connectivity index (χ2n) is 5.68. The number of benzene rings is 1. The van der Waals surface area contributed by atoms with Gasteiger partial charge in [-0.25, -0.2) is 9.97 Å². The Morgan fingerprint density at radius 2 is 2.04 bits per heavy atom. The van der Waals surface area contributed by atoms with Crippen molar-refractivity contribution in [3.05, 3.63) is 78.0 Å². The van der Waals surface area contributed by atoms with Crippen LogP contribution in [0, 0.1) is 0 Å². The Morgan fingerprint density at radius 3 is 2.68 bits per heavy atom. The van der Waals surface area contributed by atoms with Crippen LogP contribution in [0.1, 0.15) is 34.5 Å². The van der Waals surface area contributed by atoms with Gasteiger partial charge in [-0.2, -0.15) is 0 Å². The molecule has 0 aliphatic rings. The third-order valence-corrected chi connectivity index (χ3v) is 4.05. The molecule has 6 heteroatoms. The number of aliphatic hydroxyl groups is 1. The Bertz CT molecular complexity index is 829. The standard InChI is InChI=1S/C19H20N4O2/c1-2-14-3-5-15(6-4-14)17(12-24)22-19(25)16-7-8-21-18(11-16)23-10-9-20-13-23/h3-11,13,17,24H,2,12H2,1H3,(H,22,25). The van der Waals surface area contributed by atoms with Gasteiger partial charge in [-0.15, -0.1) is 0 Å². The molecule has 1 unspecified atom stereocenters. The molecule has 2 N–H and O–H groups in total. The van der Waals surface area contributed by atoms with Gasteiger partial charge in [-0.1, -0.05) is 31.2 Å². The lowest BCUT2D eigenvalue weighted by Gasteiger charge is -2.17. The van der Waals surface area contributed by atoms with Crippen LogP contribution >= 0.6 is 0 Å². The molecule has 0 aliphatic heterocycles. The Balaban J connectivity index is 1.77. The summed E-state index contributed by atoms with van der Waals surface area (Å²) in [6.07, 6.45) is 7.56. The molecule has 0 saturated carbocycles. The minimum absolute atomic E-state index is 0.170. The van der Waals surface area contributed by atoms with Crippen molar-refractivity contribution < 1.29 is 9.90 Å². The Labute approximate surface area is 146 Å². The lowest BCUT2D eigenvalue weighted by Crippen LogP contribution is -2.30. The highest BCUT2D eigenvalue weighted by atomic mass is 16.3. The summed E-state index contributed by atoms with van der Waals surface area (Å²) in [6, 6.07) is 10.8. The van der Waals surface area contributed by atoms with Gasteiger partial charge in [-0.05, 0) is 29.7 Å². The molecule has 3 rings (SSSR count). The molecule has 0 bridgehead atoms. The Kier molecular flexibility index (Phi) is 5.20. The maximum absolute atomic E-state index is 12.6. The lowest BCUT2D eigenvalue weighted by atomic mass is 10.0. The number of pyridine rings is 1. The summed E-state index contributed by atoms with van der Waals surface area (Å²) < 4.78 is 1.73. The number of amides is 1. The van der Waals surface area contributed by atoms with Crippen LogP contribution in [0.3, 0.4) is 0 Å². The minimum Gasteiger partial charge on any atom is -0.394 e. The zero-order chi connectivity index (χ0) is 17.6. The fourth-order valence-electron chi connectivity index (χ4n) is 2.56. The average Bonchev–Trinajstić information content (AvgIpc) is 3.21. The van der Waals surface area contributed by atoms with Crippen molar-refractivity contribution in [3.8, 4) is 5.82 Å². The first-order valence-electron chi connectivity index (χ1n) is 8.16. The van der Waals surface area contributed by atoms with E-state index < -0.39 is 6.04 Å². The number of rotatable bonds is 6. The highest BCUT2D eigenvalue weighted by molar-refractivity contribution is 5.94. The number of aromatic nitrogens is 3. The van der Waals surface area contributed by atoms with Crippen molar-refractivity contribution in [1.82, 2.24) is 19.9 Å². The summed E-state index contributed by atoms with van der Waals surface area (Å²) in [5.41, 5.74) is 2.56. The average molecular weight is 336 g/mol. The number of nitrogens with zero attached hydrogens (tertiary/aromatic N) is 3. The largest absolute Gasteiger partial charge is 0.394 e. The van der Waals surface area contributed by atoms with Crippen molar-refractivity contribution >= 4 is 5.91 Å². The fraction of sp³-hybridized carbons (Fsp3) is 0.211. The fourth-order valence-corrected chi connectivity index (χ4v) is 2.56. The summed E-state index contributed by atoms with van der Waals surface area (Å²) in [7, 11) is 0. The van der Waals surface area contributed by atoms with E-state index in [1.54, 1.807) is 41.6 Å². The van der Waals surface area contributed by atoms with Crippen LogP contribution in [-0.4, -0.2) is 32.2 Å². The molecular weight excluding hydrogens is 316 g/mol. The quantitative estimate of drug-likeness (QED) is 0.724. The molecule has 1 amide bonds. The van der Waals surface area contributed by atoms with Crippen LogP contribution in [0.15, 0.2) is 61.3 Å². The van der Waals surface area contributed by atoms with E-state index in [1.165, 1.54) is 5.56 Å². The number of aliphatic hydroxyl groups excluding tert-OH is 1. The van der Waals surface area contributed by atoms with Gasteiger partial charge >= 0.3 is 0 Å². The van der Waals surface area contributed by atoms with E-state index >= 15 is 0 Å². The number of carbonyl (C=O) groups excluding carboxylic acids is 1. The number of aryl methyl sites for hydroxylation is 1. The zero-order valence-electron chi connectivity index (χ0n) is 14.0. The number of carbonyl (C=O) groups is 1. The van der Waals surface area contributed by atoms with Gasteiger partial charge in [0.05, 0.1) is 12.6 Å². The predicted molar refractivity (Wildman–Crippen MR) is 94.5 cm³/mol. The maximum atomic E-state index is 12.6. The Hall–Kier alpha value is -2.99.